The molecule has 0 saturated heterocycles. The quantitative estimate of drug-likeness (QED) is 0.838. The van der Waals surface area contributed by atoms with E-state index in [1.54, 1.807) is 38.3 Å². The lowest BCUT2D eigenvalue weighted by molar-refractivity contribution is -0.136. The summed E-state index contributed by atoms with van der Waals surface area (Å²) in [6.45, 7) is 2.41. The first kappa shape index (κ1) is 17.3. The Kier molecular flexibility index (Phi) is 5.63. The minimum Gasteiger partial charge on any atom is -0.466 e. The number of urea groups is 1. The number of carbonyl (C=O) groups is 2. The lowest BCUT2D eigenvalue weighted by Gasteiger charge is -2.35. The fourth-order valence-corrected chi connectivity index (χ4v) is 2.79. The van der Waals surface area contributed by atoms with Crippen LogP contribution in [0.15, 0.2) is 35.5 Å². The van der Waals surface area contributed by atoms with Crippen LogP contribution in [0.4, 0.5) is 4.79 Å². The Balaban J connectivity index is 2.51. The standard InChI is InChI=1S/C16H19ClN2O4/c1-10-13(15(20)23-3)14(11-6-4-5-7-12(11)17)18-16(21)19(10)8-9-22-2/h4-7,14H,8-9H2,1-3H3,(H,18,21)/t14-/m1/s1. The molecule has 1 aliphatic heterocycles. The summed E-state index contributed by atoms with van der Waals surface area (Å²) in [4.78, 5) is 26.1. The van der Waals surface area contributed by atoms with Gasteiger partial charge in [-0.25, -0.2) is 9.59 Å². The number of nitrogens with zero attached hydrogens (tertiary/aromatic N) is 1. The molecular weight excluding hydrogens is 320 g/mol. The number of benzene rings is 1. The highest BCUT2D eigenvalue weighted by Crippen LogP contribution is 2.34. The second kappa shape index (κ2) is 7.48. The smallest absolute Gasteiger partial charge is 0.337 e. The van der Waals surface area contributed by atoms with E-state index in [9.17, 15) is 9.59 Å². The van der Waals surface area contributed by atoms with Crippen LogP contribution in [0.2, 0.25) is 5.02 Å². The number of allylic oxidation sites excluding steroid dienone is 1. The third-order valence-corrected chi connectivity index (χ3v) is 4.08. The first-order valence-corrected chi connectivity index (χ1v) is 7.49. The molecule has 1 aliphatic rings. The second-order valence-electron chi connectivity index (χ2n) is 5.04. The molecule has 1 atom stereocenters. The van der Waals surface area contributed by atoms with Gasteiger partial charge in [-0.1, -0.05) is 29.8 Å². The van der Waals surface area contributed by atoms with Crippen molar-refractivity contribution >= 4 is 23.6 Å². The molecule has 2 rings (SSSR count). The van der Waals surface area contributed by atoms with E-state index in [2.05, 4.69) is 5.32 Å². The van der Waals surface area contributed by atoms with Crippen LogP contribution in [-0.4, -0.2) is 44.3 Å². The van der Waals surface area contributed by atoms with Gasteiger partial charge in [0, 0.05) is 17.8 Å². The highest BCUT2D eigenvalue weighted by molar-refractivity contribution is 6.31. The van der Waals surface area contributed by atoms with Crippen LogP contribution in [0, 0.1) is 0 Å². The zero-order valence-electron chi connectivity index (χ0n) is 13.3. The average molecular weight is 339 g/mol. The topological polar surface area (TPSA) is 67.9 Å². The van der Waals surface area contributed by atoms with Gasteiger partial charge in [-0.05, 0) is 18.6 Å². The van der Waals surface area contributed by atoms with Crippen LogP contribution in [0.3, 0.4) is 0 Å². The molecule has 0 fully saturated rings. The van der Waals surface area contributed by atoms with Gasteiger partial charge >= 0.3 is 12.0 Å². The van der Waals surface area contributed by atoms with Crippen molar-refractivity contribution in [2.75, 3.05) is 27.4 Å². The van der Waals surface area contributed by atoms with Gasteiger partial charge in [-0.2, -0.15) is 0 Å². The Labute approximate surface area is 140 Å². The summed E-state index contributed by atoms with van der Waals surface area (Å²) in [7, 11) is 2.86. The zero-order chi connectivity index (χ0) is 17.0. The number of rotatable bonds is 5. The Bertz CT molecular complexity index is 645. The van der Waals surface area contributed by atoms with Crippen molar-refractivity contribution in [3.63, 3.8) is 0 Å². The molecule has 7 heteroatoms. The number of amides is 2. The molecule has 124 valence electrons. The number of esters is 1. The molecule has 0 unspecified atom stereocenters. The summed E-state index contributed by atoms with van der Waals surface area (Å²) in [5.41, 5.74) is 1.53. The van der Waals surface area contributed by atoms with Crippen molar-refractivity contribution in [3.8, 4) is 0 Å². The van der Waals surface area contributed by atoms with E-state index >= 15 is 0 Å². The van der Waals surface area contributed by atoms with Crippen LogP contribution in [-0.2, 0) is 14.3 Å². The summed E-state index contributed by atoms with van der Waals surface area (Å²) in [5, 5.41) is 3.29. The van der Waals surface area contributed by atoms with Crippen molar-refractivity contribution in [1.82, 2.24) is 10.2 Å². The van der Waals surface area contributed by atoms with E-state index in [0.29, 0.717) is 35.0 Å². The third-order valence-electron chi connectivity index (χ3n) is 3.74. The van der Waals surface area contributed by atoms with Crippen LogP contribution in [0.5, 0.6) is 0 Å². The number of hydrogen-bond donors (Lipinski definition) is 1. The van der Waals surface area contributed by atoms with Gasteiger partial charge < -0.3 is 14.8 Å². The first-order valence-electron chi connectivity index (χ1n) is 7.11. The molecule has 1 aromatic carbocycles. The van der Waals surface area contributed by atoms with E-state index in [-0.39, 0.29) is 6.03 Å². The van der Waals surface area contributed by atoms with Gasteiger partial charge in [0.25, 0.3) is 0 Å². The predicted octanol–water partition coefficient (Wildman–Crippen LogP) is 2.50. The van der Waals surface area contributed by atoms with E-state index in [1.807, 2.05) is 0 Å². The monoisotopic (exact) mass is 338 g/mol. The third kappa shape index (κ3) is 3.48. The highest BCUT2D eigenvalue weighted by Gasteiger charge is 2.36. The highest BCUT2D eigenvalue weighted by atomic mass is 35.5. The van der Waals surface area contributed by atoms with Crippen molar-refractivity contribution in [2.45, 2.75) is 13.0 Å². The molecule has 0 bridgehead atoms. The number of ether oxygens (including phenoxy) is 2. The number of nitrogens with one attached hydrogen (secondary N) is 1. The molecule has 1 heterocycles. The lowest BCUT2D eigenvalue weighted by Crippen LogP contribution is -2.49. The maximum Gasteiger partial charge on any atom is 0.337 e. The molecular formula is C16H19ClN2O4. The molecule has 2 amide bonds. The summed E-state index contributed by atoms with van der Waals surface area (Å²) in [6.07, 6.45) is 0. The first-order chi connectivity index (χ1) is 11.0. The SMILES string of the molecule is COCCN1C(=O)N[C@H](c2ccccc2Cl)C(C(=O)OC)=C1C. The van der Waals surface area contributed by atoms with Gasteiger partial charge in [-0.15, -0.1) is 0 Å². The molecule has 6 nitrogen and oxygen atoms in total. The average Bonchev–Trinajstić information content (AvgIpc) is 2.54. The predicted molar refractivity (Wildman–Crippen MR) is 86.0 cm³/mol. The minimum absolute atomic E-state index is 0.308. The van der Waals surface area contributed by atoms with Crippen LogP contribution >= 0.6 is 11.6 Å². The van der Waals surface area contributed by atoms with Gasteiger partial charge in [-0.3, -0.25) is 4.90 Å². The van der Waals surface area contributed by atoms with Crippen LogP contribution < -0.4 is 5.32 Å². The normalized spacial score (nSPS) is 18.0. The largest absolute Gasteiger partial charge is 0.466 e. The van der Waals surface area contributed by atoms with E-state index < -0.39 is 12.0 Å². The fourth-order valence-electron chi connectivity index (χ4n) is 2.55. The van der Waals surface area contributed by atoms with Gasteiger partial charge in [0.05, 0.1) is 31.9 Å². The van der Waals surface area contributed by atoms with Crippen molar-refractivity contribution in [3.05, 3.63) is 46.1 Å². The molecule has 23 heavy (non-hydrogen) atoms. The van der Waals surface area contributed by atoms with E-state index in [4.69, 9.17) is 21.1 Å². The minimum atomic E-state index is -0.651. The molecule has 0 aliphatic carbocycles. The molecule has 0 saturated carbocycles. The number of methoxy groups -OCH3 is 2. The van der Waals surface area contributed by atoms with Crippen molar-refractivity contribution in [2.24, 2.45) is 0 Å². The molecule has 0 radical (unpaired) electrons. The van der Waals surface area contributed by atoms with Gasteiger partial charge in [0.15, 0.2) is 0 Å². The van der Waals surface area contributed by atoms with E-state index in [0.717, 1.165) is 0 Å². The summed E-state index contributed by atoms with van der Waals surface area (Å²) in [5.74, 6) is -0.505. The van der Waals surface area contributed by atoms with Crippen LogP contribution in [0.25, 0.3) is 0 Å². The van der Waals surface area contributed by atoms with Crippen molar-refractivity contribution < 1.29 is 19.1 Å². The maximum atomic E-state index is 12.4. The Morgan fingerprint density at radius 1 is 1.35 bits per heavy atom. The van der Waals surface area contributed by atoms with Crippen LogP contribution in [0.1, 0.15) is 18.5 Å². The molecule has 0 spiro atoms. The Hall–Kier alpha value is -2.05. The Morgan fingerprint density at radius 3 is 2.65 bits per heavy atom. The molecule has 1 N–H and O–H groups in total. The van der Waals surface area contributed by atoms with Crippen molar-refractivity contribution in [1.29, 1.82) is 0 Å². The fraction of sp³-hybridized carbons (Fsp3) is 0.375. The maximum absolute atomic E-state index is 12.4. The second-order valence-corrected chi connectivity index (χ2v) is 5.45. The van der Waals surface area contributed by atoms with E-state index in [1.165, 1.54) is 12.0 Å². The summed E-state index contributed by atoms with van der Waals surface area (Å²) in [6, 6.07) is 6.11. The molecule has 0 aromatic heterocycles. The lowest BCUT2D eigenvalue weighted by atomic mass is 9.95. The summed E-state index contributed by atoms with van der Waals surface area (Å²) >= 11 is 6.23. The number of halogens is 1. The zero-order valence-corrected chi connectivity index (χ0v) is 14.0. The van der Waals surface area contributed by atoms with Gasteiger partial charge in [0.1, 0.15) is 0 Å². The summed E-state index contributed by atoms with van der Waals surface area (Å²) < 4.78 is 9.90. The number of hydrogen-bond acceptors (Lipinski definition) is 4. The number of carbonyl (C=O) groups excluding carboxylic acids is 2. The van der Waals surface area contributed by atoms with Gasteiger partial charge in [0.2, 0.25) is 0 Å². The molecule has 1 aromatic rings. The Morgan fingerprint density at radius 2 is 2.04 bits per heavy atom.